The fourth-order valence-corrected chi connectivity index (χ4v) is 3.75. The lowest BCUT2D eigenvalue weighted by atomic mass is 10.1. The van der Waals surface area contributed by atoms with Crippen LogP contribution in [0.3, 0.4) is 0 Å². The number of aryl methyl sites for hydroxylation is 3. The van der Waals surface area contributed by atoms with Crippen LogP contribution in [0.2, 0.25) is 0 Å². The molecule has 1 aromatic carbocycles. The molecule has 1 N–H and O–H groups in total. The first-order chi connectivity index (χ1) is 13.9. The van der Waals surface area contributed by atoms with E-state index < -0.39 is 0 Å². The number of anilines is 1. The van der Waals surface area contributed by atoms with Gasteiger partial charge in [-0.2, -0.15) is 5.10 Å². The monoisotopic (exact) mass is 411 g/mol. The molecule has 1 aromatic heterocycles. The first-order valence-corrected chi connectivity index (χ1v) is 10.5. The summed E-state index contributed by atoms with van der Waals surface area (Å²) in [6.45, 7) is 9.09. The summed E-state index contributed by atoms with van der Waals surface area (Å²) in [5, 5.41) is 7.69. The average molecular weight is 412 g/mol. The molecule has 0 unspecified atom stereocenters. The van der Waals surface area contributed by atoms with Crippen LogP contribution < -0.4 is 5.32 Å². The number of nitrogens with one attached hydrogen (secondary N) is 1. The Balaban J connectivity index is 1.69. The Morgan fingerprint density at radius 2 is 2.03 bits per heavy atom. The molecule has 0 aliphatic carbocycles. The molecule has 0 bridgehead atoms. The predicted molar refractivity (Wildman–Crippen MR) is 118 cm³/mol. The second-order valence-corrected chi connectivity index (χ2v) is 7.70. The summed E-state index contributed by atoms with van der Waals surface area (Å²) < 4.78 is 1.79. The van der Waals surface area contributed by atoms with Crippen LogP contribution >= 0.6 is 11.8 Å². The van der Waals surface area contributed by atoms with E-state index in [1.165, 1.54) is 11.8 Å². The van der Waals surface area contributed by atoms with Crippen molar-refractivity contribution >= 4 is 40.5 Å². The highest BCUT2D eigenvalue weighted by molar-refractivity contribution is 8.14. The van der Waals surface area contributed by atoms with Crippen LogP contribution in [0.1, 0.15) is 30.5 Å². The van der Waals surface area contributed by atoms with E-state index in [-0.39, 0.29) is 17.6 Å². The molecule has 1 aliphatic rings. The maximum atomic E-state index is 12.6. The van der Waals surface area contributed by atoms with Gasteiger partial charge >= 0.3 is 0 Å². The maximum absolute atomic E-state index is 12.6. The number of thioether (sulfide) groups is 1. The molecule has 0 saturated heterocycles. The van der Waals surface area contributed by atoms with Gasteiger partial charge in [-0.1, -0.05) is 23.9 Å². The molecule has 152 valence electrons. The molecule has 0 spiro atoms. The van der Waals surface area contributed by atoms with Crippen LogP contribution in [0.4, 0.5) is 5.69 Å². The van der Waals surface area contributed by atoms with Gasteiger partial charge in [-0.25, -0.2) is 4.99 Å². The Hall–Kier alpha value is -2.87. The highest BCUT2D eigenvalue weighted by atomic mass is 32.2. The van der Waals surface area contributed by atoms with E-state index in [9.17, 15) is 9.59 Å². The molecule has 29 heavy (non-hydrogen) atoms. The van der Waals surface area contributed by atoms with Crippen LogP contribution in [0.25, 0.3) is 6.08 Å². The van der Waals surface area contributed by atoms with Gasteiger partial charge in [0.15, 0.2) is 5.17 Å². The summed E-state index contributed by atoms with van der Waals surface area (Å²) in [6.07, 6.45) is 5.31. The number of carbonyl (C=O) groups is 2. The van der Waals surface area contributed by atoms with Gasteiger partial charge in [0.05, 0.1) is 11.9 Å². The van der Waals surface area contributed by atoms with Crippen LogP contribution in [0.5, 0.6) is 0 Å². The normalized spacial score (nSPS) is 15.2. The van der Waals surface area contributed by atoms with Gasteiger partial charge in [0.25, 0.3) is 5.91 Å². The van der Waals surface area contributed by atoms with Gasteiger partial charge < -0.3 is 5.32 Å². The zero-order valence-electron chi connectivity index (χ0n) is 17.1. The van der Waals surface area contributed by atoms with Crippen LogP contribution in [-0.4, -0.2) is 44.0 Å². The van der Waals surface area contributed by atoms with Gasteiger partial charge in [0.1, 0.15) is 5.70 Å². The topological polar surface area (TPSA) is 79.6 Å². The summed E-state index contributed by atoms with van der Waals surface area (Å²) >= 11 is 1.26. The summed E-state index contributed by atoms with van der Waals surface area (Å²) in [7, 11) is 0. The minimum atomic E-state index is -0.158. The average Bonchev–Trinajstić information content (AvgIpc) is 3.27. The number of amidine groups is 1. The fourth-order valence-electron chi connectivity index (χ4n) is 2.89. The number of amides is 2. The van der Waals surface area contributed by atoms with Crippen molar-refractivity contribution in [2.75, 3.05) is 17.6 Å². The summed E-state index contributed by atoms with van der Waals surface area (Å²) in [5.74, 6) is -0.109. The molecule has 8 heteroatoms. The Labute approximate surface area is 174 Å². The molecular formula is C21H25N5O2S. The highest BCUT2D eigenvalue weighted by Crippen LogP contribution is 2.24. The van der Waals surface area contributed by atoms with Gasteiger partial charge in [-0.05, 0) is 51.0 Å². The van der Waals surface area contributed by atoms with Crippen molar-refractivity contribution in [2.24, 2.45) is 4.99 Å². The number of aliphatic imine (C=N–C) groups is 1. The second kappa shape index (κ2) is 9.09. The van der Waals surface area contributed by atoms with Gasteiger partial charge in [-0.15, -0.1) is 0 Å². The first-order valence-electron chi connectivity index (χ1n) is 9.55. The molecule has 2 aromatic rings. The Morgan fingerprint density at radius 3 is 2.72 bits per heavy atom. The van der Waals surface area contributed by atoms with Crippen molar-refractivity contribution in [1.82, 2.24) is 14.7 Å². The SMILES string of the molecule is CCN1C(=O)/C(=C\c2cnn(CC)c2)N=C1SCC(=O)Nc1cc(C)ccc1C. The minimum absolute atomic E-state index is 0.128. The smallest absolute Gasteiger partial charge is 0.278 e. The van der Waals surface area contributed by atoms with Crippen molar-refractivity contribution in [2.45, 2.75) is 34.2 Å². The molecule has 0 saturated carbocycles. The fraction of sp³-hybridized carbons (Fsp3) is 0.333. The van der Waals surface area contributed by atoms with Gasteiger partial charge in [-0.3, -0.25) is 19.2 Å². The lowest BCUT2D eigenvalue weighted by Crippen LogP contribution is -2.31. The van der Waals surface area contributed by atoms with E-state index in [2.05, 4.69) is 15.4 Å². The lowest BCUT2D eigenvalue weighted by Gasteiger charge is -2.15. The number of hydrogen-bond acceptors (Lipinski definition) is 5. The molecule has 2 amide bonds. The Kier molecular flexibility index (Phi) is 6.53. The minimum Gasteiger partial charge on any atom is -0.325 e. The molecule has 7 nitrogen and oxygen atoms in total. The first kappa shape index (κ1) is 20.9. The molecule has 3 rings (SSSR count). The number of rotatable bonds is 6. The largest absolute Gasteiger partial charge is 0.325 e. The predicted octanol–water partition coefficient (Wildman–Crippen LogP) is 3.45. The number of hydrogen-bond donors (Lipinski definition) is 1. The van der Waals surface area contributed by atoms with Crippen molar-refractivity contribution in [3.05, 3.63) is 53.0 Å². The van der Waals surface area contributed by atoms with Crippen LogP contribution in [-0.2, 0) is 16.1 Å². The number of benzene rings is 1. The van der Waals surface area contributed by atoms with Crippen molar-refractivity contribution in [3.8, 4) is 0 Å². The highest BCUT2D eigenvalue weighted by Gasteiger charge is 2.29. The van der Waals surface area contributed by atoms with Crippen LogP contribution in [0.15, 0.2) is 41.3 Å². The van der Waals surface area contributed by atoms with Crippen molar-refractivity contribution < 1.29 is 9.59 Å². The zero-order chi connectivity index (χ0) is 21.0. The zero-order valence-corrected chi connectivity index (χ0v) is 17.9. The van der Waals surface area contributed by atoms with E-state index in [0.29, 0.717) is 17.4 Å². The van der Waals surface area contributed by atoms with Crippen LogP contribution in [0, 0.1) is 13.8 Å². The Bertz CT molecular complexity index is 993. The van der Waals surface area contributed by atoms with Gasteiger partial charge in [0.2, 0.25) is 5.91 Å². The van der Waals surface area contributed by atoms with E-state index in [1.54, 1.807) is 21.9 Å². The quantitative estimate of drug-likeness (QED) is 0.739. The molecule has 0 radical (unpaired) electrons. The number of carbonyl (C=O) groups excluding carboxylic acids is 2. The summed E-state index contributed by atoms with van der Waals surface area (Å²) in [5.41, 5.74) is 4.09. The van der Waals surface area contributed by atoms with Crippen molar-refractivity contribution in [3.63, 3.8) is 0 Å². The molecule has 0 atom stereocenters. The summed E-state index contributed by atoms with van der Waals surface area (Å²) in [4.78, 5) is 31.1. The third kappa shape index (κ3) is 4.95. The third-order valence-electron chi connectivity index (χ3n) is 4.51. The summed E-state index contributed by atoms with van der Waals surface area (Å²) in [6, 6.07) is 5.94. The lowest BCUT2D eigenvalue weighted by molar-refractivity contribution is -0.122. The number of likely N-dealkylation sites (N-methyl/N-ethyl adjacent to an activating group) is 1. The van der Waals surface area contributed by atoms with E-state index in [4.69, 9.17) is 0 Å². The maximum Gasteiger partial charge on any atom is 0.278 e. The molecular weight excluding hydrogens is 386 g/mol. The third-order valence-corrected chi connectivity index (χ3v) is 5.48. The Morgan fingerprint density at radius 1 is 1.24 bits per heavy atom. The van der Waals surface area contributed by atoms with E-state index >= 15 is 0 Å². The molecule has 1 aliphatic heterocycles. The van der Waals surface area contributed by atoms with E-state index in [0.717, 1.165) is 28.9 Å². The van der Waals surface area contributed by atoms with Gasteiger partial charge in [0, 0.05) is 30.5 Å². The second-order valence-electron chi connectivity index (χ2n) is 6.76. The number of aromatic nitrogens is 2. The van der Waals surface area contributed by atoms with E-state index in [1.807, 2.05) is 52.1 Å². The molecule has 2 heterocycles. The molecule has 0 fully saturated rings. The van der Waals surface area contributed by atoms with Crippen molar-refractivity contribution in [1.29, 1.82) is 0 Å². The number of nitrogens with zero attached hydrogens (tertiary/aromatic N) is 4. The standard InChI is InChI=1S/C21H25N5O2S/c1-5-25-12-16(11-22-25)10-18-20(28)26(6-2)21(24-18)29-13-19(27)23-17-9-14(3)7-8-15(17)4/h7-12H,5-6,13H2,1-4H3,(H,23,27)/b18-10+.